The maximum Gasteiger partial charge on any atom is 0.387 e. The van der Waals surface area contributed by atoms with E-state index in [-0.39, 0.29) is 24.0 Å². The van der Waals surface area contributed by atoms with Crippen molar-refractivity contribution in [3.63, 3.8) is 0 Å². The molecule has 0 aliphatic heterocycles. The fraction of sp³-hybridized carbons (Fsp3) is 0.435. The maximum absolute atomic E-state index is 12.6. The SMILES string of the molecule is CCOc1cc(CN(CC(=O)NCCc2cccc(Cl)c2)C2CC2)ccc1OC(F)F. The molecule has 0 radical (unpaired) electrons. The lowest BCUT2D eigenvalue weighted by Gasteiger charge is -2.22. The van der Waals surface area contributed by atoms with E-state index >= 15 is 0 Å². The first-order chi connectivity index (χ1) is 14.9. The molecule has 2 aromatic carbocycles. The summed E-state index contributed by atoms with van der Waals surface area (Å²) in [7, 11) is 0. The molecule has 3 rings (SSSR count). The first-order valence-corrected chi connectivity index (χ1v) is 10.8. The number of nitrogens with zero attached hydrogens (tertiary/aromatic N) is 1. The Morgan fingerprint density at radius 1 is 1.19 bits per heavy atom. The van der Waals surface area contributed by atoms with Crippen LogP contribution in [-0.2, 0) is 17.8 Å². The molecule has 168 valence electrons. The number of benzene rings is 2. The molecule has 31 heavy (non-hydrogen) atoms. The van der Waals surface area contributed by atoms with E-state index in [2.05, 4.69) is 15.0 Å². The summed E-state index contributed by atoms with van der Waals surface area (Å²) in [6.45, 7) is 0.545. The van der Waals surface area contributed by atoms with Crippen molar-refractivity contribution in [3.05, 3.63) is 58.6 Å². The van der Waals surface area contributed by atoms with Crippen LogP contribution in [0.5, 0.6) is 11.5 Å². The van der Waals surface area contributed by atoms with Gasteiger partial charge in [-0.15, -0.1) is 0 Å². The number of rotatable bonds is 12. The van der Waals surface area contributed by atoms with Crippen LogP contribution in [0.1, 0.15) is 30.9 Å². The van der Waals surface area contributed by atoms with E-state index in [0.717, 1.165) is 24.0 Å². The van der Waals surface area contributed by atoms with Crippen LogP contribution in [-0.4, -0.2) is 43.2 Å². The summed E-state index contributed by atoms with van der Waals surface area (Å²) < 4.78 is 35.2. The highest BCUT2D eigenvalue weighted by molar-refractivity contribution is 6.30. The van der Waals surface area contributed by atoms with Gasteiger partial charge in [0, 0.05) is 24.2 Å². The molecule has 1 aliphatic rings. The summed E-state index contributed by atoms with van der Waals surface area (Å²) >= 11 is 5.99. The van der Waals surface area contributed by atoms with Crippen LogP contribution in [0.25, 0.3) is 0 Å². The van der Waals surface area contributed by atoms with Gasteiger partial charge in [-0.25, -0.2) is 0 Å². The molecule has 0 heterocycles. The predicted octanol–water partition coefficient (Wildman–Crippen LogP) is 4.66. The summed E-state index contributed by atoms with van der Waals surface area (Å²) in [5, 5.41) is 3.64. The lowest BCUT2D eigenvalue weighted by atomic mass is 10.1. The van der Waals surface area contributed by atoms with E-state index in [1.807, 2.05) is 24.3 Å². The number of carbonyl (C=O) groups excluding carboxylic acids is 1. The summed E-state index contributed by atoms with van der Waals surface area (Å²) in [4.78, 5) is 14.6. The smallest absolute Gasteiger partial charge is 0.387 e. The van der Waals surface area contributed by atoms with Gasteiger partial charge in [0.25, 0.3) is 0 Å². The molecular formula is C23H27ClF2N2O3. The second kappa shape index (κ2) is 11.3. The van der Waals surface area contributed by atoms with Crippen molar-refractivity contribution in [1.29, 1.82) is 0 Å². The van der Waals surface area contributed by atoms with E-state index in [1.165, 1.54) is 6.07 Å². The van der Waals surface area contributed by atoms with Crippen LogP contribution in [0.2, 0.25) is 5.02 Å². The fourth-order valence-electron chi connectivity index (χ4n) is 3.38. The van der Waals surface area contributed by atoms with Gasteiger partial charge in [-0.3, -0.25) is 9.69 Å². The van der Waals surface area contributed by atoms with Gasteiger partial charge in [0.2, 0.25) is 5.91 Å². The van der Waals surface area contributed by atoms with Crippen molar-refractivity contribution in [1.82, 2.24) is 10.2 Å². The number of carbonyl (C=O) groups is 1. The van der Waals surface area contributed by atoms with E-state index in [9.17, 15) is 13.6 Å². The molecular weight excluding hydrogens is 426 g/mol. The van der Waals surface area contributed by atoms with Gasteiger partial charge < -0.3 is 14.8 Å². The largest absolute Gasteiger partial charge is 0.490 e. The third-order valence-electron chi connectivity index (χ3n) is 4.94. The summed E-state index contributed by atoms with van der Waals surface area (Å²) in [6, 6.07) is 12.9. The van der Waals surface area contributed by atoms with Gasteiger partial charge in [0.15, 0.2) is 11.5 Å². The molecule has 0 unspecified atom stereocenters. The van der Waals surface area contributed by atoms with Gasteiger partial charge in [0.1, 0.15) is 0 Å². The van der Waals surface area contributed by atoms with E-state index in [4.69, 9.17) is 16.3 Å². The molecule has 5 nitrogen and oxygen atoms in total. The summed E-state index contributed by atoms with van der Waals surface area (Å²) in [5.41, 5.74) is 1.95. The molecule has 2 aromatic rings. The molecule has 1 aliphatic carbocycles. The van der Waals surface area contributed by atoms with E-state index in [1.54, 1.807) is 19.1 Å². The molecule has 8 heteroatoms. The minimum atomic E-state index is -2.91. The zero-order valence-corrected chi connectivity index (χ0v) is 18.2. The third-order valence-corrected chi connectivity index (χ3v) is 5.18. The van der Waals surface area contributed by atoms with Crippen molar-refractivity contribution in [2.45, 2.75) is 45.4 Å². The van der Waals surface area contributed by atoms with E-state index < -0.39 is 6.61 Å². The quantitative estimate of drug-likeness (QED) is 0.508. The number of hydrogen-bond donors (Lipinski definition) is 1. The van der Waals surface area contributed by atoms with Crippen LogP contribution in [0.15, 0.2) is 42.5 Å². The Balaban J connectivity index is 1.55. The van der Waals surface area contributed by atoms with Gasteiger partial charge >= 0.3 is 6.61 Å². The average molecular weight is 453 g/mol. The average Bonchev–Trinajstić information content (AvgIpc) is 3.55. The molecule has 1 amide bonds. The molecule has 1 saturated carbocycles. The van der Waals surface area contributed by atoms with Gasteiger partial charge in [-0.05, 0) is 61.6 Å². The van der Waals surface area contributed by atoms with Crippen molar-refractivity contribution >= 4 is 17.5 Å². The number of alkyl halides is 2. The first kappa shape index (κ1) is 23.3. The topological polar surface area (TPSA) is 50.8 Å². The van der Waals surface area contributed by atoms with Crippen LogP contribution < -0.4 is 14.8 Å². The maximum atomic E-state index is 12.6. The van der Waals surface area contributed by atoms with Crippen molar-refractivity contribution in [2.75, 3.05) is 19.7 Å². The fourth-order valence-corrected chi connectivity index (χ4v) is 3.59. The molecule has 0 atom stereocenters. The van der Waals surface area contributed by atoms with Crippen LogP contribution in [0.3, 0.4) is 0 Å². The zero-order chi connectivity index (χ0) is 22.2. The summed E-state index contributed by atoms with van der Waals surface area (Å²) in [5.74, 6) is 0.246. The molecule has 0 saturated heterocycles. The van der Waals surface area contributed by atoms with Crippen LogP contribution in [0, 0.1) is 0 Å². The Morgan fingerprint density at radius 2 is 2.00 bits per heavy atom. The van der Waals surface area contributed by atoms with Crippen molar-refractivity contribution in [3.8, 4) is 11.5 Å². The Morgan fingerprint density at radius 3 is 2.68 bits per heavy atom. The van der Waals surface area contributed by atoms with Crippen molar-refractivity contribution < 1.29 is 23.0 Å². The number of hydrogen-bond acceptors (Lipinski definition) is 4. The second-order valence-electron chi connectivity index (χ2n) is 7.46. The molecule has 1 fully saturated rings. The highest BCUT2D eigenvalue weighted by atomic mass is 35.5. The summed E-state index contributed by atoms with van der Waals surface area (Å²) in [6.07, 6.45) is 2.79. The molecule has 0 spiro atoms. The van der Waals surface area contributed by atoms with E-state index in [0.29, 0.717) is 37.2 Å². The standard InChI is InChI=1S/C23H27ClF2N2O3/c1-2-30-21-13-17(6-9-20(21)31-23(25)26)14-28(19-7-8-19)15-22(29)27-11-10-16-4-3-5-18(24)12-16/h3-6,9,12-13,19,23H,2,7-8,10-11,14-15H2,1H3,(H,27,29). The number of nitrogens with one attached hydrogen (secondary N) is 1. The number of halogens is 3. The molecule has 0 aromatic heterocycles. The Bertz CT molecular complexity index is 878. The third kappa shape index (κ3) is 7.67. The highest BCUT2D eigenvalue weighted by Gasteiger charge is 2.30. The minimum absolute atomic E-state index is 0.0114. The minimum Gasteiger partial charge on any atom is -0.490 e. The van der Waals surface area contributed by atoms with Crippen molar-refractivity contribution in [2.24, 2.45) is 0 Å². The van der Waals surface area contributed by atoms with Gasteiger partial charge in [-0.1, -0.05) is 29.8 Å². The lowest BCUT2D eigenvalue weighted by molar-refractivity contribution is -0.122. The predicted molar refractivity (Wildman–Crippen MR) is 116 cm³/mol. The molecule has 1 N–H and O–H groups in total. The zero-order valence-electron chi connectivity index (χ0n) is 17.5. The molecule has 0 bridgehead atoms. The van der Waals surface area contributed by atoms with Crippen LogP contribution in [0.4, 0.5) is 8.78 Å². The number of ether oxygens (including phenoxy) is 2. The van der Waals surface area contributed by atoms with Crippen LogP contribution >= 0.6 is 11.6 Å². The Labute approximate surface area is 186 Å². The van der Waals surface area contributed by atoms with Gasteiger partial charge in [-0.2, -0.15) is 8.78 Å². The lowest BCUT2D eigenvalue weighted by Crippen LogP contribution is -2.38. The van der Waals surface area contributed by atoms with Gasteiger partial charge in [0.05, 0.1) is 13.2 Å². The highest BCUT2D eigenvalue weighted by Crippen LogP contribution is 2.32. The Kier molecular flexibility index (Phi) is 8.49. The normalized spacial score (nSPS) is 13.5. The second-order valence-corrected chi connectivity index (χ2v) is 7.90. The number of amides is 1. The first-order valence-electron chi connectivity index (χ1n) is 10.4. The Hall–Kier alpha value is -2.38. The monoisotopic (exact) mass is 452 g/mol.